The summed E-state index contributed by atoms with van der Waals surface area (Å²) >= 11 is 0. The molecule has 116 valence electrons. The van der Waals surface area contributed by atoms with Crippen LogP contribution in [0.5, 0.6) is 0 Å². The largest absolute Gasteiger partial charge is 0.333 e. The van der Waals surface area contributed by atoms with Gasteiger partial charge in [0, 0.05) is 36.6 Å². The van der Waals surface area contributed by atoms with Gasteiger partial charge in [-0.25, -0.2) is 4.79 Å². The van der Waals surface area contributed by atoms with E-state index in [4.69, 9.17) is 0 Å². The van der Waals surface area contributed by atoms with Gasteiger partial charge in [-0.15, -0.1) is 0 Å². The minimum Gasteiger partial charge on any atom is -0.333 e. The molecule has 0 saturated heterocycles. The van der Waals surface area contributed by atoms with Gasteiger partial charge in [0.25, 0.3) is 0 Å². The van der Waals surface area contributed by atoms with Gasteiger partial charge in [0.05, 0.1) is 5.69 Å². The van der Waals surface area contributed by atoms with Crippen LogP contribution in [-0.2, 0) is 19.5 Å². The van der Waals surface area contributed by atoms with Crippen molar-refractivity contribution in [3.63, 3.8) is 0 Å². The molecule has 2 heterocycles. The Morgan fingerprint density at radius 1 is 1.32 bits per heavy atom. The van der Waals surface area contributed by atoms with E-state index >= 15 is 0 Å². The molecule has 1 aromatic carbocycles. The number of nitrogens with one attached hydrogen (secondary N) is 1. The molecule has 0 spiro atoms. The lowest BCUT2D eigenvalue weighted by atomic mass is 10.2. The molecule has 5 heteroatoms. The molecule has 0 aliphatic carbocycles. The molecule has 0 unspecified atom stereocenters. The minimum absolute atomic E-state index is 0.0343. The highest BCUT2D eigenvalue weighted by atomic mass is 16.2. The summed E-state index contributed by atoms with van der Waals surface area (Å²) in [6, 6.07) is 8.05. The van der Waals surface area contributed by atoms with Gasteiger partial charge in [-0.3, -0.25) is 9.58 Å². The fraction of sp³-hybridized carbons (Fsp3) is 0.412. The highest BCUT2D eigenvalue weighted by Crippen LogP contribution is 2.27. The lowest BCUT2D eigenvalue weighted by Crippen LogP contribution is -2.38. The first-order valence-corrected chi connectivity index (χ1v) is 7.78. The Morgan fingerprint density at radius 3 is 2.82 bits per heavy atom. The van der Waals surface area contributed by atoms with Crippen LogP contribution in [0.1, 0.15) is 29.4 Å². The zero-order valence-electron chi connectivity index (χ0n) is 13.4. The monoisotopic (exact) mass is 298 g/mol. The quantitative estimate of drug-likeness (QED) is 0.947. The molecule has 1 aliphatic rings. The molecule has 2 amide bonds. The fourth-order valence-electron chi connectivity index (χ4n) is 3.11. The van der Waals surface area contributed by atoms with Crippen molar-refractivity contribution < 1.29 is 4.79 Å². The number of anilines is 1. The molecule has 5 nitrogen and oxygen atoms in total. The highest BCUT2D eigenvalue weighted by molar-refractivity contribution is 5.94. The lowest BCUT2D eigenvalue weighted by molar-refractivity contribution is 0.246. The average molecular weight is 298 g/mol. The number of hydrogen-bond acceptors (Lipinski definition) is 2. The summed E-state index contributed by atoms with van der Waals surface area (Å²) in [7, 11) is 0. The molecule has 0 bridgehead atoms. The molecule has 22 heavy (non-hydrogen) atoms. The molecule has 1 aliphatic heterocycles. The van der Waals surface area contributed by atoms with E-state index < -0.39 is 0 Å². The molecule has 2 aromatic rings. The van der Waals surface area contributed by atoms with Crippen LogP contribution in [0.15, 0.2) is 24.3 Å². The van der Waals surface area contributed by atoms with Gasteiger partial charge in [-0.2, -0.15) is 5.10 Å². The van der Waals surface area contributed by atoms with Crippen molar-refractivity contribution in [3.05, 3.63) is 46.8 Å². The number of hydrogen-bond donors (Lipinski definition) is 1. The summed E-state index contributed by atoms with van der Waals surface area (Å²) in [4.78, 5) is 14.3. The third kappa shape index (κ3) is 2.47. The first-order valence-electron chi connectivity index (χ1n) is 7.78. The zero-order valence-corrected chi connectivity index (χ0v) is 13.4. The molecular formula is C17H22N4O. The molecule has 0 fully saturated rings. The number of amides is 2. The molecule has 3 rings (SSSR count). The van der Waals surface area contributed by atoms with Gasteiger partial charge in [0.1, 0.15) is 0 Å². The summed E-state index contributed by atoms with van der Waals surface area (Å²) in [5.41, 5.74) is 5.49. The van der Waals surface area contributed by atoms with Crippen molar-refractivity contribution in [3.8, 4) is 0 Å². The number of rotatable bonds is 3. The Balaban J connectivity index is 1.70. The first kappa shape index (κ1) is 14.6. The van der Waals surface area contributed by atoms with Gasteiger partial charge in [-0.1, -0.05) is 18.2 Å². The number of nitrogens with zero attached hydrogens (tertiary/aromatic N) is 3. The Kier molecular flexibility index (Phi) is 3.88. The third-order valence-electron chi connectivity index (χ3n) is 4.38. The van der Waals surface area contributed by atoms with E-state index in [1.807, 2.05) is 34.7 Å². The van der Waals surface area contributed by atoms with Crippen molar-refractivity contribution in [2.45, 2.75) is 40.3 Å². The predicted octanol–water partition coefficient (Wildman–Crippen LogP) is 2.79. The second-order valence-corrected chi connectivity index (χ2v) is 5.65. The average Bonchev–Trinajstić information content (AvgIpc) is 3.07. The van der Waals surface area contributed by atoms with E-state index in [1.54, 1.807) is 0 Å². The van der Waals surface area contributed by atoms with Crippen molar-refractivity contribution >= 4 is 11.7 Å². The maximum absolute atomic E-state index is 12.5. The SMILES string of the molecule is CCn1nc(C)c(CNC(=O)N2CCc3ccccc32)c1C. The van der Waals surface area contributed by atoms with Crippen LogP contribution in [0.4, 0.5) is 10.5 Å². The van der Waals surface area contributed by atoms with E-state index in [9.17, 15) is 4.79 Å². The number of carbonyl (C=O) groups excluding carboxylic acids is 1. The summed E-state index contributed by atoms with van der Waals surface area (Å²) in [6.45, 7) is 8.23. The molecule has 0 saturated carbocycles. The lowest BCUT2D eigenvalue weighted by Gasteiger charge is -2.18. The van der Waals surface area contributed by atoms with Gasteiger partial charge in [0.2, 0.25) is 0 Å². The molecule has 0 atom stereocenters. The van der Waals surface area contributed by atoms with Crippen LogP contribution in [0.2, 0.25) is 0 Å². The number of aryl methyl sites for hydroxylation is 2. The van der Waals surface area contributed by atoms with E-state index in [2.05, 4.69) is 30.3 Å². The van der Waals surface area contributed by atoms with Crippen molar-refractivity contribution in [1.29, 1.82) is 0 Å². The van der Waals surface area contributed by atoms with Gasteiger partial charge >= 0.3 is 6.03 Å². The minimum atomic E-state index is -0.0343. The molecule has 1 N–H and O–H groups in total. The van der Waals surface area contributed by atoms with Crippen LogP contribution >= 0.6 is 0 Å². The number of aromatic nitrogens is 2. The number of benzene rings is 1. The molecular weight excluding hydrogens is 276 g/mol. The summed E-state index contributed by atoms with van der Waals surface area (Å²) in [5.74, 6) is 0. The Labute approximate surface area is 130 Å². The third-order valence-corrected chi connectivity index (χ3v) is 4.38. The Morgan fingerprint density at radius 2 is 2.09 bits per heavy atom. The van der Waals surface area contributed by atoms with Crippen LogP contribution in [0.25, 0.3) is 0 Å². The van der Waals surface area contributed by atoms with Gasteiger partial charge in [-0.05, 0) is 38.8 Å². The molecule has 1 aromatic heterocycles. The fourth-order valence-corrected chi connectivity index (χ4v) is 3.11. The van der Waals surface area contributed by atoms with Crippen LogP contribution < -0.4 is 10.2 Å². The van der Waals surface area contributed by atoms with Crippen LogP contribution in [-0.4, -0.2) is 22.4 Å². The normalized spacial score (nSPS) is 13.3. The number of para-hydroxylation sites is 1. The van der Waals surface area contributed by atoms with Crippen molar-refractivity contribution in [1.82, 2.24) is 15.1 Å². The van der Waals surface area contributed by atoms with E-state index in [0.717, 1.165) is 42.1 Å². The van der Waals surface area contributed by atoms with Crippen LogP contribution in [0.3, 0.4) is 0 Å². The maximum atomic E-state index is 12.5. The zero-order chi connectivity index (χ0) is 15.7. The summed E-state index contributed by atoms with van der Waals surface area (Å²) in [6.07, 6.45) is 0.926. The summed E-state index contributed by atoms with van der Waals surface area (Å²) < 4.78 is 1.97. The van der Waals surface area contributed by atoms with E-state index in [0.29, 0.717) is 6.54 Å². The predicted molar refractivity (Wildman–Crippen MR) is 87.1 cm³/mol. The summed E-state index contributed by atoms with van der Waals surface area (Å²) in [5, 5.41) is 7.53. The van der Waals surface area contributed by atoms with E-state index in [1.165, 1.54) is 5.56 Å². The molecule has 0 radical (unpaired) electrons. The number of fused-ring (bicyclic) bond motifs is 1. The second kappa shape index (κ2) is 5.83. The van der Waals surface area contributed by atoms with Gasteiger partial charge in [0.15, 0.2) is 0 Å². The van der Waals surface area contributed by atoms with Crippen molar-refractivity contribution in [2.75, 3.05) is 11.4 Å². The van der Waals surface area contributed by atoms with Gasteiger partial charge < -0.3 is 5.32 Å². The number of urea groups is 1. The Hall–Kier alpha value is -2.30. The highest BCUT2D eigenvalue weighted by Gasteiger charge is 2.24. The number of carbonyl (C=O) groups is 1. The van der Waals surface area contributed by atoms with E-state index in [-0.39, 0.29) is 6.03 Å². The first-order chi connectivity index (χ1) is 10.6. The topological polar surface area (TPSA) is 50.2 Å². The Bertz CT molecular complexity index is 705. The van der Waals surface area contributed by atoms with Crippen molar-refractivity contribution in [2.24, 2.45) is 0 Å². The maximum Gasteiger partial charge on any atom is 0.322 e. The second-order valence-electron chi connectivity index (χ2n) is 5.65. The smallest absolute Gasteiger partial charge is 0.322 e. The van der Waals surface area contributed by atoms with Crippen LogP contribution in [0, 0.1) is 13.8 Å². The standard InChI is InChI=1S/C17H22N4O/c1-4-21-13(3)15(12(2)19-21)11-18-17(22)20-10-9-14-7-5-6-8-16(14)20/h5-8H,4,9-11H2,1-3H3,(H,18,22).